The number of fused-ring (bicyclic) bond motifs is 1. The Kier molecular flexibility index (Phi) is 4.86. The molecule has 1 aliphatic heterocycles. The summed E-state index contributed by atoms with van der Waals surface area (Å²) < 4.78 is 0. The number of imide groups is 1. The zero-order chi connectivity index (χ0) is 20.7. The van der Waals surface area contributed by atoms with Gasteiger partial charge in [0.05, 0.1) is 32.4 Å². The first-order valence-corrected chi connectivity index (χ1v) is 9.48. The van der Waals surface area contributed by atoms with Crippen molar-refractivity contribution in [3.8, 4) is 0 Å². The molecule has 0 aliphatic carbocycles. The summed E-state index contributed by atoms with van der Waals surface area (Å²) in [5.74, 6) is -1.25. The number of benzene rings is 3. The van der Waals surface area contributed by atoms with E-state index in [-0.39, 0.29) is 22.1 Å². The van der Waals surface area contributed by atoms with Gasteiger partial charge in [-0.15, -0.1) is 0 Å². The third kappa shape index (κ3) is 3.28. The van der Waals surface area contributed by atoms with E-state index in [0.29, 0.717) is 27.5 Å². The molecule has 0 saturated heterocycles. The second-order valence-electron chi connectivity index (χ2n) is 6.54. The fourth-order valence-corrected chi connectivity index (χ4v) is 3.77. The van der Waals surface area contributed by atoms with Crippen LogP contribution in [0, 0.1) is 6.92 Å². The molecule has 0 radical (unpaired) electrons. The van der Waals surface area contributed by atoms with Crippen molar-refractivity contribution in [3.63, 3.8) is 0 Å². The van der Waals surface area contributed by atoms with Gasteiger partial charge in [0.2, 0.25) is 0 Å². The molecule has 0 fully saturated rings. The summed E-state index contributed by atoms with van der Waals surface area (Å²) in [6, 6.07) is 16.5. The number of nitrogens with one attached hydrogen (secondary N) is 1. The standard InChI is InChI=1S/C22H14Cl2N2O3/c1-12-11-13(25-20(27)14-5-2-3-7-16(14)23)9-10-18(12)26-21(28)15-6-4-8-17(24)19(15)22(26)29/h2-11H,1H3,(H,25,27). The van der Waals surface area contributed by atoms with Crippen molar-refractivity contribution in [1.82, 2.24) is 0 Å². The highest BCUT2D eigenvalue weighted by molar-refractivity contribution is 6.42. The molecule has 3 aromatic rings. The van der Waals surface area contributed by atoms with Crippen molar-refractivity contribution in [2.24, 2.45) is 0 Å². The smallest absolute Gasteiger partial charge is 0.267 e. The van der Waals surface area contributed by atoms with Crippen molar-refractivity contribution < 1.29 is 14.4 Å². The van der Waals surface area contributed by atoms with E-state index < -0.39 is 11.8 Å². The maximum atomic E-state index is 12.8. The number of aryl methyl sites for hydroxylation is 1. The van der Waals surface area contributed by atoms with E-state index in [4.69, 9.17) is 23.2 Å². The van der Waals surface area contributed by atoms with Crippen LogP contribution in [0.5, 0.6) is 0 Å². The average Bonchev–Trinajstić information content (AvgIpc) is 2.94. The van der Waals surface area contributed by atoms with Crippen LogP contribution in [0.3, 0.4) is 0 Å². The van der Waals surface area contributed by atoms with Gasteiger partial charge in [-0.05, 0) is 55.0 Å². The molecular weight excluding hydrogens is 411 g/mol. The molecular formula is C22H14Cl2N2O3. The van der Waals surface area contributed by atoms with E-state index in [1.165, 1.54) is 0 Å². The quantitative estimate of drug-likeness (QED) is 0.575. The molecule has 0 atom stereocenters. The largest absolute Gasteiger partial charge is 0.322 e. The molecule has 4 rings (SSSR count). The molecule has 3 aromatic carbocycles. The third-order valence-corrected chi connectivity index (χ3v) is 5.32. The highest BCUT2D eigenvalue weighted by atomic mass is 35.5. The Bertz CT molecular complexity index is 1190. The zero-order valence-corrected chi connectivity index (χ0v) is 16.7. The van der Waals surface area contributed by atoms with E-state index in [0.717, 1.165) is 4.90 Å². The molecule has 1 N–H and O–H groups in total. The van der Waals surface area contributed by atoms with Gasteiger partial charge in [0.1, 0.15) is 0 Å². The highest BCUT2D eigenvalue weighted by Crippen LogP contribution is 2.35. The lowest BCUT2D eigenvalue weighted by molar-refractivity contribution is 0.0924. The number of carbonyl (C=O) groups is 3. The van der Waals surface area contributed by atoms with Crippen LogP contribution >= 0.6 is 23.2 Å². The first-order valence-electron chi connectivity index (χ1n) is 8.72. The lowest BCUT2D eigenvalue weighted by Gasteiger charge is -2.18. The van der Waals surface area contributed by atoms with Crippen molar-refractivity contribution >= 4 is 52.3 Å². The Labute approximate surface area is 176 Å². The summed E-state index contributed by atoms with van der Waals surface area (Å²) in [4.78, 5) is 39.1. The van der Waals surface area contributed by atoms with Crippen LogP contribution in [-0.4, -0.2) is 17.7 Å². The second kappa shape index (κ2) is 7.35. The van der Waals surface area contributed by atoms with Gasteiger partial charge < -0.3 is 5.32 Å². The normalized spacial score (nSPS) is 12.9. The number of carbonyl (C=O) groups excluding carboxylic acids is 3. The molecule has 0 unspecified atom stereocenters. The minimum Gasteiger partial charge on any atom is -0.322 e. The molecule has 144 valence electrons. The summed E-state index contributed by atoms with van der Waals surface area (Å²) >= 11 is 12.2. The molecule has 3 amide bonds. The molecule has 0 spiro atoms. The first kappa shape index (κ1) is 19.2. The SMILES string of the molecule is Cc1cc(NC(=O)c2ccccc2Cl)ccc1N1C(=O)c2cccc(Cl)c2C1=O. The number of halogens is 2. The van der Waals surface area contributed by atoms with Gasteiger partial charge in [0.15, 0.2) is 0 Å². The van der Waals surface area contributed by atoms with E-state index in [1.807, 2.05) is 0 Å². The Morgan fingerprint density at radius 3 is 2.31 bits per heavy atom. The van der Waals surface area contributed by atoms with Gasteiger partial charge >= 0.3 is 0 Å². The summed E-state index contributed by atoms with van der Waals surface area (Å²) in [7, 11) is 0. The first-order chi connectivity index (χ1) is 13.9. The average molecular weight is 425 g/mol. The van der Waals surface area contributed by atoms with Crippen molar-refractivity contribution in [2.75, 3.05) is 10.2 Å². The van der Waals surface area contributed by atoms with Gasteiger partial charge in [-0.2, -0.15) is 0 Å². The zero-order valence-electron chi connectivity index (χ0n) is 15.2. The summed E-state index contributed by atoms with van der Waals surface area (Å²) in [5, 5.41) is 3.36. The van der Waals surface area contributed by atoms with E-state index >= 15 is 0 Å². The molecule has 7 heteroatoms. The number of hydrogen-bond donors (Lipinski definition) is 1. The predicted octanol–water partition coefficient (Wildman–Crippen LogP) is 5.35. The summed E-state index contributed by atoms with van der Waals surface area (Å²) in [5.41, 5.74) is 2.43. The van der Waals surface area contributed by atoms with Crippen molar-refractivity contribution in [1.29, 1.82) is 0 Å². The Morgan fingerprint density at radius 1 is 0.897 bits per heavy atom. The molecule has 0 bridgehead atoms. The number of anilines is 2. The minimum absolute atomic E-state index is 0.203. The number of rotatable bonds is 3. The Balaban J connectivity index is 1.63. The third-order valence-electron chi connectivity index (χ3n) is 4.68. The van der Waals surface area contributed by atoms with Crippen molar-refractivity contribution in [3.05, 3.63) is 93.0 Å². The van der Waals surface area contributed by atoms with Crippen LogP contribution in [0.25, 0.3) is 0 Å². The summed E-state index contributed by atoms with van der Waals surface area (Å²) in [6.07, 6.45) is 0. The Hall–Kier alpha value is -3.15. The number of nitrogens with zero attached hydrogens (tertiary/aromatic N) is 1. The fourth-order valence-electron chi connectivity index (χ4n) is 3.29. The maximum Gasteiger partial charge on any atom is 0.267 e. The topological polar surface area (TPSA) is 66.5 Å². The second-order valence-corrected chi connectivity index (χ2v) is 7.36. The highest BCUT2D eigenvalue weighted by Gasteiger charge is 2.38. The monoisotopic (exact) mass is 424 g/mol. The van der Waals surface area contributed by atoms with Gasteiger partial charge in [0, 0.05) is 5.69 Å². The van der Waals surface area contributed by atoms with Crippen LogP contribution in [0.15, 0.2) is 60.7 Å². The molecule has 1 heterocycles. The van der Waals surface area contributed by atoms with Crippen LogP contribution in [0.2, 0.25) is 10.0 Å². The molecule has 0 saturated carbocycles. The van der Waals surface area contributed by atoms with Crippen LogP contribution in [0.4, 0.5) is 11.4 Å². The van der Waals surface area contributed by atoms with Gasteiger partial charge in [-0.25, -0.2) is 4.90 Å². The van der Waals surface area contributed by atoms with E-state index in [9.17, 15) is 14.4 Å². The molecule has 1 aliphatic rings. The van der Waals surface area contributed by atoms with Crippen LogP contribution < -0.4 is 10.2 Å². The number of amides is 3. The molecule has 0 aromatic heterocycles. The maximum absolute atomic E-state index is 12.8. The van der Waals surface area contributed by atoms with Gasteiger partial charge in [0.25, 0.3) is 17.7 Å². The van der Waals surface area contributed by atoms with E-state index in [2.05, 4.69) is 5.32 Å². The lowest BCUT2D eigenvalue weighted by atomic mass is 10.1. The Morgan fingerprint density at radius 2 is 1.62 bits per heavy atom. The van der Waals surface area contributed by atoms with E-state index in [1.54, 1.807) is 67.6 Å². The number of hydrogen-bond acceptors (Lipinski definition) is 3. The fraction of sp³-hybridized carbons (Fsp3) is 0.0455. The predicted molar refractivity (Wildman–Crippen MR) is 113 cm³/mol. The van der Waals surface area contributed by atoms with Gasteiger partial charge in [-0.3, -0.25) is 14.4 Å². The molecule has 29 heavy (non-hydrogen) atoms. The minimum atomic E-state index is -0.466. The summed E-state index contributed by atoms with van der Waals surface area (Å²) in [6.45, 7) is 1.76. The van der Waals surface area contributed by atoms with Gasteiger partial charge in [-0.1, -0.05) is 41.4 Å². The lowest BCUT2D eigenvalue weighted by Crippen LogP contribution is -2.30. The van der Waals surface area contributed by atoms with Crippen LogP contribution in [0.1, 0.15) is 36.6 Å². The van der Waals surface area contributed by atoms with Crippen molar-refractivity contribution in [2.45, 2.75) is 6.92 Å². The molecule has 5 nitrogen and oxygen atoms in total. The van der Waals surface area contributed by atoms with Crippen LogP contribution in [-0.2, 0) is 0 Å².